The zero-order chi connectivity index (χ0) is 21.0. The summed E-state index contributed by atoms with van der Waals surface area (Å²) in [6.45, 7) is 1.93. The van der Waals surface area contributed by atoms with E-state index in [1.165, 1.54) is 0 Å². The number of hydrogen-bond acceptors (Lipinski definition) is 7. The van der Waals surface area contributed by atoms with E-state index in [1.54, 1.807) is 20.4 Å². The predicted octanol–water partition coefficient (Wildman–Crippen LogP) is 1.52. The van der Waals surface area contributed by atoms with Gasteiger partial charge >= 0.3 is 0 Å². The van der Waals surface area contributed by atoms with Gasteiger partial charge < -0.3 is 14.4 Å². The van der Waals surface area contributed by atoms with E-state index in [9.17, 15) is 13.7 Å². The van der Waals surface area contributed by atoms with E-state index < -0.39 is 10.2 Å². The molecule has 2 aromatic rings. The van der Waals surface area contributed by atoms with Crippen LogP contribution in [0.1, 0.15) is 24.8 Å². The van der Waals surface area contributed by atoms with E-state index in [4.69, 9.17) is 14.6 Å². The Morgan fingerprint density at radius 1 is 1.24 bits per heavy atom. The second kappa shape index (κ2) is 8.82. The van der Waals surface area contributed by atoms with Crippen LogP contribution in [0.25, 0.3) is 10.8 Å². The number of pyridine rings is 1. The van der Waals surface area contributed by atoms with Gasteiger partial charge in [-0.1, -0.05) is 0 Å². The van der Waals surface area contributed by atoms with E-state index in [0.29, 0.717) is 29.5 Å². The Labute approximate surface area is 170 Å². The van der Waals surface area contributed by atoms with Crippen molar-refractivity contribution in [1.29, 1.82) is 5.26 Å². The number of benzene rings is 1. The van der Waals surface area contributed by atoms with Gasteiger partial charge in [0, 0.05) is 36.6 Å². The molecule has 9 nitrogen and oxygen atoms in total. The molecule has 0 atom stereocenters. The van der Waals surface area contributed by atoms with Crippen molar-refractivity contribution in [3.63, 3.8) is 0 Å². The van der Waals surface area contributed by atoms with E-state index >= 15 is 0 Å². The molecule has 0 amide bonds. The molecule has 3 N–H and O–H groups in total. The van der Waals surface area contributed by atoms with Crippen molar-refractivity contribution in [2.45, 2.75) is 19.3 Å². The number of rotatable bonds is 7. The molecule has 1 fully saturated rings. The van der Waals surface area contributed by atoms with Gasteiger partial charge in [-0.15, -0.1) is 0 Å². The monoisotopic (exact) mass is 419 g/mol. The highest BCUT2D eigenvalue weighted by Crippen LogP contribution is 2.38. The number of methoxy groups -OCH3 is 2. The van der Waals surface area contributed by atoms with Crippen LogP contribution in [0.4, 0.5) is 5.82 Å². The maximum absolute atomic E-state index is 11.0. The van der Waals surface area contributed by atoms with Gasteiger partial charge in [-0.25, -0.2) is 14.8 Å². The fourth-order valence-electron chi connectivity index (χ4n) is 3.73. The van der Waals surface area contributed by atoms with Gasteiger partial charge in [0.15, 0.2) is 11.5 Å². The van der Waals surface area contributed by atoms with Crippen LogP contribution in [-0.4, -0.2) is 47.3 Å². The SMILES string of the molecule is COc1cc2c(C#N)cnc(N3CCC(CCNS(N)(=O)=O)CC3)c2cc1OC. The van der Waals surface area contributed by atoms with Crippen molar-refractivity contribution in [3.05, 3.63) is 23.9 Å². The van der Waals surface area contributed by atoms with Crippen LogP contribution in [0.3, 0.4) is 0 Å². The van der Waals surface area contributed by atoms with Crippen LogP contribution in [-0.2, 0) is 10.2 Å². The van der Waals surface area contributed by atoms with Crippen LogP contribution in [0.15, 0.2) is 18.3 Å². The van der Waals surface area contributed by atoms with Gasteiger partial charge in [0.1, 0.15) is 11.9 Å². The van der Waals surface area contributed by atoms with Crippen molar-refractivity contribution in [1.82, 2.24) is 9.71 Å². The summed E-state index contributed by atoms with van der Waals surface area (Å²) < 4.78 is 35.1. The number of nitrogens with zero attached hydrogens (tertiary/aromatic N) is 3. The molecule has 0 saturated carbocycles. The summed E-state index contributed by atoms with van der Waals surface area (Å²) in [5.74, 6) is 2.37. The number of anilines is 1. The molecule has 0 aliphatic carbocycles. The molecule has 0 radical (unpaired) electrons. The number of fused-ring (bicyclic) bond motifs is 1. The summed E-state index contributed by atoms with van der Waals surface area (Å²) >= 11 is 0. The van der Waals surface area contributed by atoms with E-state index in [1.807, 2.05) is 12.1 Å². The summed E-state index contributed by atoms with van der Waals surface area (Å²) in [4.78, 5) is 6.74. The first kappa shape index (κ1) is 21.1. The zero-order valence-electron chi connectivity index (χ0n) is 16.5. The third-order valence-electron chi connectivity index (χ3n) is 5.26. The minimum absolute atomic E-state index is 0.346. The predicted molar refractivity (Wildman–Crippen MR) is 110 cm³/mol. The first-order chi connectivity index (χ1) is 13.9. The van der Waals surface area contributed by atoms with Crippen LogP contribution in [0.5, 0.6) is 11.5 Å². The topological polar surface area (TPSA) is 131 Å². The lowest BCUT2D eigenvalue weighted by atomic mass is 9.93. The third-order valence-corrected chi connectivity index (χ3v) is 5.87. The van der Waals surface area contributed by atoms with Crippen molar-refractivity contribution in [3.8, 4) is 17.6 Å². The second-order valence-electron chi connectivity index (χ2n) is 7.02. The average molecular weight is 420 g/mol. The number of nitrogens with one attached hydrogen (secondary N) is 1. The summed E-state index contributed by atoms with van der Waals surface area (Å²) in [5, 5.41) is 16.1. The zero-order valence-corrected chi connectivity index (χ0v) is 17.3. The maximum atomic E-state index is 11.0. The number of ether oxygens (including phenoxy) is 2. The molecule has 10 heteroatoms. The quantitative estimate of drug-likeness (QED) is 0.696. The summed E-state index contributed by atoms with van der Waals surface area (Å²) in [6.07, 6.45) is 4.17. The smallest absolute Gasteiger partial charge is 0.274 e. The van der Waals surface area contributed by atoms with Crippen molar-refractivity contribution in [2.24, 2.45) is 11.1 Å². The first-order valence-electron chi connectivity index (χ1n) is 9.33. The number of hydrogen-bond donors (Lipinski definition) is 2. The maximum Gasteiger partial charge on any atom is 0.274 e. The molecular formula is C19H25N5O4S. The molecule has 1 aromatic heterocycles. The van der Waals surface area contributed by atoms with Crippen molar-refractivity contribution < 1.29 is 17.9 Å². The van der Waals surface area contributed by atoms with Crippen LogP contribution in [0, 0.1) is 17.2 Å². The summed E-state index contributed by atoms with van der Waals surface area (Å²) in [6, 6.07) is 5.86. The van der Waals surface area contributed by atoms with E-state index in [2.05, 4.69) is 20.7 Å². The highest BCUT2D eigenvalue weighted by molar-refractivity contribution is 7.87. The van der Waals surface area contributed by atoms with Crippen LogP contribution in [0.2, 0.25) is 0 Å². The minimum atomic E-state index is -3.64. The molecule has 2 heterocycles. The fraction of sp³-hybridized carbons (Fsp3) is 0.474. The van der Waals surface area contributed by atoms with E-state index in [-0.39, 0.29) is 0 Å². The van der Waals surface area contributed by atoms with Gasteiger partial charge in [0.05, 0.1) is 19.8 Å². The van der Waals surface area contributed by atoms with E-state index in [0.717, 1.165) is 48.9 Å². The molecule has 1 aliphatic rings. The number of nitrogens with two attached hydrogens (primary N) is 1. The lowest BCUT2D eigenvalue weighted by Gasteiger charge is -2.33. The Balaban J connectivity index is 1.81. The Morgan fingerprint density at radius 2 is 1.86 bits per heavy atom. The van der Waals surface area contributed by atoms with Crippen LogP contribution < -0.4 is 24.2 Å². The molecular weight excluding hydrogens is 394 g/mol. The van der Waals surface area contributed by atoms with Crippen LogP contribution >= 0.6 is 0 Å². The summed E-state index contributed by atoms with van der Waals surface area (Å²) in [5.41, 5.74) is 0.480. The fourth-order valence-corrected chi connectivity index (χ4v) is 4.13. The Bertz CT molecular complexity index is 1030. The van der Waals surface area contributed by atoms with Gasteiger partial charge in [0.2, 0.25) is 0 Å². The Hall–Kier alpha value is -2.61. The molecule has 0 bridgehead atoms. The molecule has 3 rings (SSSR count). The Kier molecular flexibility index (Phi) is 6.42. The molecule has 1 aliphatic heterocycles. The third kappa shape index (κ3) is 4.87. The Morgan fingerprint density at radius 3 is 2.41 bits per heavy atom. The highest BCUT2D eigenvalue weighted by Gasteiger charge is 2.23. The molecule has 1 aromatic carbocycles. The number of piperidine rings is 1. The van der Waals surface area contributed by atoms with Gasteiger partial charge in [-0.3, -0.25) is 0 Å². The standard InChI is InChI=1S/C19H25N5O4S/c1-27-17-9-15-14(11-20)12-22-19(16(15)10-18(17)28-2)24-7-4-13(5-8-24)3-6-23-29(21,25)26/h9-10,12-13,23H,3-8H2,1-2H3,(H2,21,25,26). The van der Waals surface area contributed by atoms with Crippen molar-refractivity contribution in [2.75, 3.05) is 38.8 Å². The van der Waals surface area contributed by atoms with Gasteiger partial charge in [-0.2, -0.15) is 13.7 Å². The number of aromatic nitrogens is 1. The molecule has 156 valence electrons. The number of nitriles is 1. The lowest BCUT2D eigenvalue weighted by molar-refractivity contribution is 0.356. The molecule has 0 spiro atoms. The second-order valence-corrected chi connectivity index (χ2v) is 8.40. The summed E-state index contributed by atoms with van der Waals surface area (Å²) in [7, 11) is -0.503. The largest absolute Gasteiger partial charge is 0.493 e. The molecule has 0 unspecified atom stereocenters. The first-order valence-corrected chi connectivity index (χ1v) is 10.9. The molecule has 29 heavy (non-hydrogen) atoms. The van der Waals surface area contributed by atoms with Gasteiger partial charge in [-0.05, 0) is 37.3 Å². The highest BCUT2D eigenvalue weighted by atomic mass is 32.2. The average Bonchev–Trinajstić information content (AvgIpc) is 2.71. The minimum Gasteiger partial charge on any atom is -0.493 e. The van der Waals surface area contributed by atoms with Gasteiger partial charge in [0.25, 0.3) is 10.2 Å². The normalized spacial score (nSPS) is 15.3. The lowest BCUT2D eigenvalue weighted by Crippen LogP contribution is -2.37. The van der Waals surface area contributed by atoms with Crippen molar-refractivity contribution >= 4 is 26.8 Å². The molecule has 1 saturated heterocycles.